The smallest absolute Gasteiger partial charge is 0.242 e. The fourth-order valence-electron chi connectivity index (χ4n) is 3.70. The van der Waals surface area contributed by atoms with E-state index in [4.69, 9.17) is 0 Å². The Balaban J connectivity index is 1.69. The van der Waals surface area contributed by atoms with Crippen molar-refractivity contribution in [1.82, 2.24) is 19.9 Å². The molecule has 1 atom stereocenters. The quantitative estimate of drug-likeness (QED) is 0.377. The average Bonchev–Trinajstić information content (AvgIpc) is 2.90. The monoisotopic (exact) mass is 526 g/mol. The van der Waals surface area contributed by atoms with E-state index in [1.807, 2.05) is 6.07 Å². The molecule has 0 spiro atoms. The third kappa shape index (κ3) is 8.19. The van der Waals surface area contributed by atoms with Crippen LogP contribution in [0.2, 0.25) is 0 Å². The van der Waals surface area contributed by atoms with Crippen molar-refractivity contribution >= 4 is 21.8 Å². The van der Waals surface area contributed by atoms with Crippen LogP contribution in [0.4, 0.5) is 4.39 Å². The Morgan fingerprint density at radius 2 is 1.68 bits per heavy atom. The van der Waals surface area contributed by atoms with E-state index in [0.29, 0.717) is 17.7 Å². The van der Waals surface area contributed by atoms with E-state index in [1.165, 1.54) is 29.2 Å². The van der Waals surface area contributed by atoms with E-state index in [1.54, 1.807) is 56.4 Å². The first-order valence-electron chi connectivity index (χ1n) is 12.0. The van der Waals surface area contributed by atoms with E-state index in [-0.39, 0.29) is 48.6 Å². The normalized spacial score (nSPS) is 12.1. The number of aryl methyl sites for hydroxylation is 1. The molecule has 0 saturated carbocycles. The van der Waals surface area contributed by atoms with Crippen LogP contribution in [0.15, 0.2) is 77.8 Å². The molecule has 0 unspecified atom stereocenters. The van der Waals surface area contributed by atoms with Gasteiger partial charge in [-0.15, -0.1) is 0 Å². The number of pyridine rings is 1. The van der Waals surface area contributed by atoms with Gasteiger partial charge >= 0.3 is 0 Å². The zero-order valence-corrected chi connectivity index (χ0v) is 21.7. The van der Waals surface area contributed by atoms with Crippen molar-refractivity contribution in [2.75, 3.05) is 6.54 Å². The summed E-state index contributed by atoms with van der Waals surface area (Å²) >= 11 is 0. The highest BCUT2D eigenvalue weighted by atomic mass is 32.2. The Morgan fingerprint density at radius 1 is 1.00 bits per heavy atom. The highest BCUT2D eigenvalue weighted by molar-refractivity contribution is 7.89. The molecule has 2 N–H and O–H groups in total. The van der Waals surface area contributed by atoms with Crippen LogP contribution >= 0.6 is 0 Å². The lowest BCUT2D eigenvalue weighted by molar-refractivity contribution is -0.140. The lowest BCUT2D eigenvalue weighted by atomic mass is 10.1. The number of nitrogens with zero attached hydrogens (tertiary/aromatic N) is 2. The van der Waals surface area contributed by atoms with Crippen molar-refractivity contribution in [3.63, 3.8) is 0 Å². The third-order valence-electron chi connectivity index (χ3n) is 5.80. The Morgan fingerprint density at radius 3 is 2.30 bits per heavy atom. The number of halogens is 1. The second-order valence-corrected chi connectivity index (χ2v) is 10.3. The summed E-state index contributed by atoms with van der Waals surface area (Å²) in [4.78, 5) is 32.0. The third-order valence-corrected chi connectivity index (χ3v) is 7.36. The van der Waals surface area contributed by atoms with Gasteiger partial charge in [0.15, 0.2) is 0 Å². The molecule has 0 fully saturated rings. The van der Waals surface area contributed by atoms with Gasteiger partial charge in [-0.2, -0.15) is 0 Å². The van der Waals surface area contributed by atoms with Crippen LogP contribution < -0.4 is 10.0 Å². The Kier molecular flexibility index (Phi) is 9.87. The van der Waals surface area contributed by atoms with Crippen LogP contribution in [-0.2, 0) is 39.1 Å². The summed E-state index contributed by atoms with van der Waals surface area (Å²) in [5.74, 6) is -0.976. The second-order valence-electron chi connectivity index (χ2n) is 8.51. The van der Waals surface area contributed by atoms with Crippen LogP contribution in [0.25, 0.3) is 0 Å². The Hall–Kier alpha value is -3.63. The van der Waals surface area contributed by atoms with Gasteiger partial charge in [-0.3, -0.25) is 14.6 Å². The van der Waals surface area contributed by atoms with Crippen molar-refractivity contribution in [3.8, 4) is 0 Å². The number of rotatable bonds is 12. The predicted octanol–water partition coefficient (Wildman–Crippen LogP) is 3.19. The summed E-state index contributed by atoms with van der Waals surface area (Å²) in [6.07, 6.45) is 2.11. The van der Waals surface area contributed by atoms with Crippen molar-refractivity contribution in [1.29, 1.82) is 0 Å². The fraction of sp³-hybridized carbons (Fsp3) is 0.296. The summed E-state index contributed by atoms with van der Waals surface area (Å²) in [6.45, 7) is 4.00. The maximum Gasteiger partial charge on any atom is 0.242 e. The van der Waals surface area contributed by atoms with Crippen LogP contribution in [0.5, 0.6) is 0 Å². The molecule has 8 nitrogen and oxygen atoms in total. The lowest BCUT2D eigenvalue weighted by Gasteiger charge is -2.29. The lowest BCUT2D eigenvalue weighted by Crippen LogP contribution is -2.47. The summed E-state index contributed by atoms with van der Waals surface area (Å²) in [6, 6.07) is 16.7. The number of hydrogen-bond donors (Lipinski definition) is 2. The van der Waals surface area contributed by atoms with Crippen molar-refractivity contribution in [2.45, 2.75) is 50.7 Å². The first kappa shape index (κ1) is 27.9. The molecule has 0 radical (unpaired) electrons. The van der Waals surface area contributed by atoms with E-state index in [9.17, 15) is 22.4 Å². The predicted molar refractivity (Wildman–Crippen MR) is 138 cm³/mol. The van der Waals surface area contributed by atoms with Gasteiger partial charge in [0.25, 0.3) is 0 Å². The molecule has 3 aromatic rings. The summed E-state index contributed by atoms with van der Waals surface area (Å²) in [7, 11) is -3.56. The maximum atomic E-state index is 13.4. The number of nitrogens with one attached hydrogen (secondary N) is 2. The SMILES string of the molecule is CCNS(=O)(=O)c1ccc(CCC(=O)N(Cc2ccc(F)cc2)[C@@H](C)C(=O)NCc2ccccn2)cc1. The first-order valence-corrected chi connectivity index (χ1v) is 13.5. The molecule has 0 aliphatic heterocycles. The molecule has 1 aromatic heterocycles. The molecular formula is C27H31FN4O4S. The standard InChI is InChI=1S/C27H31FN4O4S/c1-3-31-37(35,36)25-14-9-21(10-15-25)11-16-26(33)32(19-22-7-12-23(28)13-8-22)20(2)27(34)30-18-24-6-4-5-17-29-24/h4-10,12-15,17,20,31H,3,11,16,18-19H2,1-2H3,(H,30,34)/t20-/m0/s1. The van der Waals surface area contributed by atoms with Crippen LogP contribution in [0.3, 0.4) is 0 Å². The molecule has 0 bridgehead atoms. The number of sulfonamides is 1. The van der Waals surface area contributed by atoms with E-state index >= 15 is 0 Å². The second kappa shape index (κ2) is 13.1. The number of amides is 2. The minimum atomic E-state index is -3.56. The number of carbonyl (C=O) groups is 2. The van der Waals surface area contributed by atoms with Gasteiger partial charge in [0, 0.05) is 25.7 Å². The van der Waals surface area contributed by atoms with Gasteiger partial charge in [-0.05, 0) is 60.9 Å². The van der Waals surface area contributed by atoms with Crippen LogP contribution in [0, 0.1) is 5.82 Å². The molecule has 10 heteroatoms. The minimum absolute atomic E-state index is 0.109. The minimum Gasteiger partial charge on any atom is -0.349 e. The summed E-state index contributed by atoms with van der Waals surface area (Å²) in [5.41, 5.74) is 2.17. The molecule has 196 valence electrons. The van der Waals surface area contributed by atoms with Gasteiger partial charge in [0.05, 0.1) is 17.1 Å². The highest BCUT2D eigenvalue weighted by Gasteiger charge is 2.26. The molecule has 2 aromatic carbocycles. The number of carbonyl (C=O) groups excluding carboxylic acids is 2. The molecule has 1 heterocycles. The molecule has 3 rings (SSSR count). The summed E-state index contributed by atoms with van der Waals surface area (Å²) in [5, 5.41) is 2.82. The summed E-state index contributed by atoms with van der Waals surface area (Å²) < 4.78 is 40.1. The van der Waals surface area contributed by atoms with Gasteiger partial charge in [0.1, 0.15) is 11.9 Å². The van der Waals surface area contributed by atoms with E-state index < -0.39 is 16.1 Å². The van der Waals surface area contributed by atoms with Crippen LogP contribution in [0.1, 0.15) is 37.1 Å². The van der Waals surface area contributed by atoms with E-state index in [2.05, 4.69) is 15.0 Å². The van der Waals surface area contributed by atoms with E-state index in [0.717, 1.165) is 5.56 Å². The molecule has 2 amide bonds. The number of benzene rings is 2. The maximum absolute atomic E-state index is 13.4. The van der Waals surface area contributed by atoms with Gasteiger partial charge in [0.2, 0.25) is 21.8 Å². The van der Waals surface area contributed by atoms with Crippen LogP contribution in [-0.4, -0.2) is 42.7 Å². The topological polar surface area (TPSA) is 108 Å². The molecule has 0 saturated heterocycles. The number of hydrogen-bond acceptors (Lipinski definition) is 5. The Bertz CT molecular complexity index is 1280. The zero-order chi connectivity index (χ0) is 26.8. The highest BCUT2D eigenvalue weighted by Crippen LogP contribution is 2.16. The first-order chi connectivity index (χ1) is 17.7. The van der Waals surface area contributed by atoms with Crippen molar-refractivity contribution in [2.24, 2.45) is 0 Å². The molecule has 37 heavy (non-hydrogen) atoms. The zero-order valence-electron chi connectivity index (χ0n) is 20.9. The largest absolute Gasteiger partial charge is 0.349 e. The van der Waals surface area contributed by atoms with Gasteiger partial charge in [-0.25, -0.2) is 17.5 Å². The molecule has 0 aliphatic carbocycles. The average molecular weight is 527 g/mol. The number of aromatic nitrogens is 1. The van der Waals surface area contributed by atoms with Crippen molar-refractivity contribution in [3.05, 3.63) is 95.6 Å². The van der Waals surface area contributed by atoms with Crippen molar-refractivity contribution < 1.29 is 22.4 Å². The molecule has 0 aliphatic rings. The Labute approximate surface area is 217 Å². The molecular weight excluding hydrogens is 495 g/mol. The van der Waals surface area contributed by atoms with Gasteiger partial charge < -0.3 is 10.2 Å². The van der Waals surface area contributed by atoms with Gasteiger partial charge in [-0.1, -0.05) is 37.3 Å². The fourth-order valence-corrected chi connectivity index (χ4v) is 4.74.